The largest absolute Gasteiger partial charge is 0.310 e. The fourth-order valence-electron chi connectivity index (χ4n) is 1.99. The molecule has 1 heteroatoms. The van der Waals surface area contributed by atoms with Gasteiger partial charge in [-0.1, -0.05) is 39.5 Å². The Balaban J connectivity index is 3.36. The number of unbranched alkanes of at least 4 members (excludes halogenated alkanes) is 2. The molecule has 1 unspecified atom stereocenters. The lowest BCUT2D eigenvalue weighted by molar-refractivity contribution is 0.352. The minimum Gasteiger partial charge on any atom is -0.310 e. The van der Waals surface area contributed by atoms with E-state index in [0.29, 0.717) is 6.04 Å². The van der Waals surface area contributed by atoms with E-state index < -0.39 is 0 Å². The molecule has 15 heavy (non-hydrogen) atoms. The highest BCUT2D eigenvalue weighted by atomic mass is 15.0. The minimum atomic E-state index is 0.261. The highest BCUT2D eigenvalue weighted by molar-refractivity contribution is 4.74. The second-order valence-corrected chi connectivity index (χ2v) is 6.33. The lowest BCUT2D eigenvalue weighted by Crippen LogP contribution is -2.42. The third kappa shape index (κ3) is 11.9. The van der Waals surface area contributed by atoms with Gasteiger partial charge in [0.15, 0.2) is 0 Å². The Bertz CT molecular complexity index is 144. The highest BCUT2D eigenvalue weighted by Gasteiger charge is 2.12. The molecule has 1 N–H and O–H groups in total. The molecule has 0 aliphatic rings. The van der Waals surface area contributed by atoms with Crippen LogP contribution >= 0.6 is 0 Å². The second kappa shape index (κ2) is 7.27. The fraction of sp³-hybridized carbons (Fsp3) is 1.00. The molecule has 0 amide bonds. The lowest BCUT2D eigenvalue weighted by atomic mass is 10.0. The number of rotatable bonds is 7. The first kappa shape index (κ1) is 15.0. The Morgan fingerprint density at radius 2 is 1.40 bits per heavy atom. The van der Waals surface area contributed by atoms with E-state index in [-0.39, 0.29) is 5.54 Å². The van der Waals surface area contributed by atoms with Crippen LogP contribution in [0, 0.1) is 5.92 Å². The Labute approximate surface area is 97.0 Å². The topological polar surface area (TPSA) is 12.0 Å². The maximum Gasteiger partial charge on any atom is 0.00989 e. The van der Waals surface area contributed by atoms with Crippen molar-refractivity contribution in [2.75, 3.05) is 0 Å². The van der Waals surface area contributed by atoms with E-state index in [1.54, 1.807) is 0 Å². The zero-order valence-electron chi connectivity index (χ0n) is 11.7. The van der Waals surface area contributed by atoms with Crippen molar-refractivity contribution in [3.63, 3.8) is 0 Å². The minimum absolute atomic E-state index is 0.261. The molecule has 0 radical (unpaired) electrons. The molecule has 0 heterocycles. The standard InChI is InChI=1S/C14H31N/c1-12(2)10-8-7-9-11-13(3)15-14(4,5)6/h12-13,15H,7-11H2,1-6H3. The van der Waals surface area contributed by atoms with Crippen molar-refractivity contribution >= 4 is 0 Å². The van der Waals surface area contributed by atoms with Gasteiger partial charge in [0.1, 0.15) is 0 Å². The molecule has 1 nitrogen and oxygen atoms in total. The van der Waals surface area contributed by atoms with Crippen LogP contribution < -0.4 is 5.32 Å². The molecule has 92 valence electrons. The predicted molar refractivity (Wildman–Crippen MR) is 70.3 cm³/mol. The van der Waals surface area contributed by atoms with Gasteiger partial charge in [0.2, 0.25) is 0 Å². The van der Waals surface area contributed by atoms with Gasteiger partial charge >= 0.3 is 0 Å². The van der Waals surface area contributed by atoms with E-state index in [2.05, 4.69) is 46.9 Å². The van der Waals surface area contributed by atoms with Gasteiger partial charge in [0.25, 0.3) is 0 Å². The average Bonchev–Trinajstić information content (AvgIpc) is 1.99. The molecule has 1 atom stereocenters. The summed E-state index contributed by atoms with van der Waals surface area (Å²) in [5.41, 5.74) is 0.261. The van der Waals surface area contributed by atoms with Gasteiger partial charge in [-0.3, -0.25) is 0 Å². The van der Waals surface area contributed by atoms with E-state index in [1.807, 2.05) is 0 Å². The molecule has 0 aromatic carbocycles. The molecule has 0 rings (SSSR count). The van der Waals surface area contributed by atoms with Crippen molar-refractivity contribution in [1.29, 1.82) is 0 Å². The van der Waals surface area contributed by atoms with Gasteiger partial charge in [0.05, 0.1) is 0 Å². The monoisotopic (exact) mass is 213 g/mol. The van der Waals surface area contributed by atoms with Crippen LogP contribution in [0.2, 0.25) is 0 Å². The summed E-state index contributed by atoms with van der Waals surface area (Å²) in [5.74, 6) is 0.870. The Morgan fingerprint density at radius 3 is 1.87 bits per heavy atom. The Morgan fingerprint density at radius 1 is 0.867 bits per heavy atom. The van der Waals surface area contributed by atoms with E-state index in [1.165, 1.54) is 32.1 Å². The molecular weight excluding hydrogens is 182 g/mol. The summed E-state index contributed by atoms with van der Waals surface area (Å²) in [5, 5.41) is 3.62. The summed E-state index contributed by atoms with van der Waals surface area (Å²) in [7, 11) is 0. The summed E-state index contributed by atoms with van der Waals surface area (Å²) in [6.45, 7) is 13.6. The summed E-state index contributed by atoms with van der Waals surface area (Å²) in [4.78, 5) is 0. The van der Waals surface area contributed by atoms with Crippen LogP contribution in [0.1, 0.15) is 73.6 Å². The normalized spacial score (nSPS) is 14.6. The van der Waals surface area contributed by atoms with Gasteiger partial charge < -0.3 is 5.32 Å². The quantitative estimate of drug-likeness (QED) is 0.619. The average molecular weight is 213 g/mol. The van der Waals surface area contributed by atoms with Gasteiger partial charge in [0, 0.05) is 11.6 Å². The van der Waals surface area contributed by atoms with E-state index in [0.717, 1.165) is 5.92 Å². The maximum absolute atomic E-state index is 3.62. The van der Waals surface area contributed by atoms with Crippen molar-refractivity contribution in [2.24, 2.45) is 5.92 Å². The molecular formula is C14H31N. The molecule has 0 fully saturated rings. The molecule has 0 aliphatic carbocycles. The van der Waals surface area contributed by atoms with Gasteiger partial charge in [-0.15, -0.1) is 0 Å². The molecule has 0 bridgehead atoms. The summed E-state index contributed by atoms with van der Waals surface area (Å²) >= 11 is 0. The number of hydrogen-bond donors (Lipinski definition) is 1. The highest BCUT2D eigenvalue weighted by Crippen LogP contribution is 2.11. The first-order chi connectivity index (χ1) is 6.81. The second-order valence-electron chi connectivity index (χ2n) is 6.33. The Hall–Kier alpha value is -0.0400. The third-order valence-corrected chi connectivity index (χ3v) is 2.60. The molecule has 0 saturated heterocycles. The number of nitrogens with one attached hydrogen (secondary N) is 1. The van der Waals surface area contributed by atoms with Crippen LogP contribution in [0.4, 0.5) is 0 Å². The van der Waals surface area contributed by atoms with Crippen LogP contribution in [-0.2, 0) is 0 Å². The van der Waals surface area contributed by atoms with E-state index >= 15 is 0 Å². The van der Waals surface area contributed by atoms with Gasteiger partial charge in [-0.05, 0) is 40.0 Å². The first-order valence-corrected chi connectivity index (χ1v) is 6.59. The SMILES string of the molecule is CC(C)CCCCCC(C)NC(C)(C)C. The zero-order chi connectivity index (χ0) is 11.9. The van der Waals surface area contributed by atoms with E-state index in [4.69, 9.17) is 0 Å². The molecule has 0 aromatic heterocycles. The van der Waals surface area contributed by atoms with Crippen LogP contribution in [0.3, 0.4) is 0 Å². The molecule has 0 spiro atoms. The van der Waals surface area contributed by atoms with Gasteiger partial charge in [-0.25, -0.2) is 0 Å². The molecule has 0 saturated carbocycles. The van der Waals surface area contributed by atoms with Crippen LogP contribution in [0.15, 0.2) is 0 Å². The van der Waals surface area contributed by atoms with E-state index in [9.17, 15) is 0 Å². The predicted octanol–water partition coefficient (Wildman–Crippen LogP) is 4.37. The van der Waals surface area contributed by atoms with Crippen LogP contribution in [0.5, 0.6) is 0 Å². The van der Waals surface area contributed by atoms with Crippen molar-refractivity contribution in [1.82, 2.24) is 5.32 Å². The zero-order valence-corrected chi connectivity index (χ0v) is 11.7. The maximum atomic E-state index is 3.62. The summed E-state index contributed by atoms with van der Waals surface area (Å²) < 4.78 is 0. The summed E-state index contributed by atoms with van der Waals surface area (Å²) in [6, 6.07) is 0.657. The number of hydrogen-bond acceptors (Lipinski definition) is 1. The first-order valence-electron chi connectivity index (χ1n) is 6.59. The van der Waals surface area contributed by atoms with Crippen LogP contribution in [-0.4, -0.2) is 11.6 Å². The van der Waals surface area contributed by atoms with Crippen LogP contribution in [0.25, 0.3) is 0 Å². The molecule has 0 aromatic rings. The summed E-state index contributed by atoms with van der Waals surface area (Å²) in [6.07, 6.45) is 6.88. The fourth-order valence-corrected chi connectivity index (χ4v) is 1.99. The van der Waals surface area contributed by atoms with Crippen molar-refractivity contribution in [3.8, 4) is 0 Å². The molecule has 0 aliphatic heterocycles. The third-order valence-electron chi connectivity index (χ3n) is 2.60. The van der Waals surface area contributed by atoms with Crippen molar-refractivity contribution in [3.05, 3.63) is 0 Å². The van der Waals surface area contributed by atoms with Gasteiger partial charge in [-0.2, -0.15) is 0 Å². The lowest BCUT2D eigenvalue weighted by Gasteiger charge is -2.26. The Kier molecular flexibility index (Phi) is 7.25. The van der Waals surface area contributed by atoms with Crippen molar-refractivity contribution in [2.45, 2.75) is 85.2 Å². The smallest absolute Gasteiger partial charge is 0.00989 e. The van der Waals surface area contributed by atoms with Crippen molar-refractivity contribution < 1.29 is 0 Å².